The SMILES string of the molecule is CCN(CC)C(=O)c1ccc2c(N)c(-c3ccc(NC(=O)OC(C)C)cc3)n(C3CCC3)c2c1. The van der Waals surface area contributed by atoms with Gasteiger partial charge >= 0.3 is 6.09 Å². The van der Waals surface area contributed by atoms with Crippen LogP contribution in [-0.2, 0) is 4.74 Å². The van der Waals surface area contributed by atoms with Crippen LogP contribution in [0, 0.1) is 0 Å². The van der Waals surface area contributed by atoms with E-state index in [0.29, 0.717) is 36.1 Å². The lowest BCUT2D eigenvalue weighted by Gasteiger charge is -2.30. The lowest BCUT2D eigenvalue weighted by Crippen LogP contribution is -2.30. The molecule has 0 spiro atoms. The summed E-state index contributed by atoms with van der Waals surface area (Å²) in [5, 5.41) is 3.71. The van der Waals surface area contributed by atoms with Crippen molar-refractivity contribution in [3.05, 3.63) is 48.0 Å². The number of nitrogens with zero attached hydrogens (tertiary/aromatic N) is 2. The average molecular weight is 463 g/mol. The van der Waals surface area contributed by atoms with E-state index in [2.05, 4.69) is 9.88 Å². The number of anilines is 2. The van der Waals surface area contributed by atoms with Gasteiger partial charge in [-0.2, -0.15) is 0 Å². The second-order valence-corrected chi connectivity index (χ2v) is 9.08. The molecule has 0 aliphatic heterocycles. The number of aromatic nitrogens is 1. The Morgan fingerprint density at radius 1 is 1.12 bits per heavy atom. The van der Waals surface area contributed by atoms with Crippen molar-refractivity contribution >= 4 is 34.3 Å². The van der Waals surface area contributed by atoms with E-state index in [-0.39, 0.29) is 12.0 Å². The number of benzene rings is 2. The number of rotatable bonds is 7. The van der Waals surface area contributed by atoms with Crippen LogP contribution in [0.25, 0.3) is 22.2 Å². The number of ether oxygens (including phenoxy) is 1. The molecule has 180 valence electrons. The number of hydrogen-bond acceptors (Lipinski definition) is 4. The molecule has 4 rings (SSSR count). The highest BCUT2D eigenvalue weighted by Crippen LogP contribution is 2.44. The predicted molar refractivity (Wildman–Crippen MR) is 137 cm³/mol. The van der Waals surface area contributed by atoms with Gasteiger partial charge in [-0.3, -0.25) is 10.1 Å². The Bertz CT molecular complexity index is 1190. The summed E-state index contributed by atoms with van der Waals surface area (Å²) in [6.07, 6.45) is 2.70. The van der Waals surface area contributed by atoms with Crippen LogP contribution in [0.2, 0.25) is 0 Å². The van der Waals surface area contributed by atoms with E-state index in [4.69, 9.17) is 10.5 Å². The maximum Gasteiger partial charge on any atom is 0.411 e. The molecule has 2 aromatic carbocycles. The second-order valence-electron chi connectivity index (χ2n) is 9.08. The summed E-state index contributed by atoms with van der Waals surface area (Å²) in [4.78, 5) is 26.8. The Balaban J connectivity index is 1.74. The summed E-state index contributed by atoms with van der Waals surface area (Å²) in [6.45, 7) is 8.96. The van der Waals surface area contributed by atoms with Crippen LogP contribution in [0.4, 0.5) is 16.2 Å². The molecule has 1 aliphatic rings. The molecule has 0 saturated heterocycles. The zero-order chi connectivity index (χ0) is 24.4. The van der Waals surface area contributed by atoms with Gasteiger partial charge in [0.15, 0.2) is 0 Å². The molecule has 0 unspecified atom stereocenters. The minimum atomic E-state index is -0.476. The van der Waals surface area contributed by atoms with Crippen molar-refractivity contribution in [2.75, 3.05) is 24.1 Å². The molecular weight excluding hydrogens is 428 g/mol. The molecule has 1 aliphatic carbocycles. The molecule has 1 heterocycles. The fourth-order valence-corrected chi connectivity index (χ4v) is 4.55. The summed E-state index contributed by atoms with van der Waals surface area (Å²) in [7, 11) is 0. The van der Waals surface area contributed by atoms with Crippen LogP contribution in [0.5, 0.6) is 0 Å². The van der Waals surface area contributed by atoms with Crippen molar-refractivity contribution in [1.82, 2.24) is 9.47 Å². The molecule has 0 atom stereocenters. The fourth-order valence-electron chi connectivity index (χ4n) is 4.55. The Labute approximate surface area is 200 Å². The van der Waals surface area contributed by atoms with Crippen molar-refractivity contribution in [2.45, 2.75) is 59.1 Å². The zero-order valence-electron chi connectivity index (χ0n) is 20.4. The Hall–Kier alpha value is -3.48. The number of carbonyl (C=O) groups excluding carboxylic acids is 2. The average Bonchev–Trinajstić information content (AvgIpc) is 3.05. The minimum Gasteiger partial charge on any atom is -0.447 e. The van der Waals surface area contributed by atoms with Gasteiger partial charge in [-0.25, -0.2) is 4.79 Å². The summed E-state index contributed by atoms with van der Waals surface area (Å²) in [6, 6.07) is 13.8. The minimum absolute atomic E-state index is 0.0390. The first-order chi connectivity index (χ1) is 16.3. The van der Waals surface area contributed by atoms with Crippen LogP contribution >= 0.6 is 0 Å². The molecule has 3 aromatic rings. The van der Waals surface area contributed by atoms with Crippen molar-refractivity contribution in [2.24, 2.45) is 0 Å². The van der Waals surface area contributed by atoms with E-state index >= 15 is 0 Å². The monoisotopic (exact) mass is 462 g/mol. The van der Waals surface area contributed by atoms with Gasteiger partial charge in [0.05, 0.1) is 23.0 Å². The normalized spacial score (nSPS) is 13.7. The number of carbonyl (C=O) groups is 2. The summed E-state index contributed by atoms with van der Waals surface area (Å²) in [5.41, 5.74) is 11.7. The summed E-state index contributed by atoms with van der Waals surface area (Å²) in [5.74, 6) is 0.0390. The molecule has 1 fully saturated rings. The van der Waals surface area contributed by atoms with Crippen LogP contribution in [0.3, 0.4) is 0 Å². The van der Waals surface area contributed by atoms with Crippen molar-refractivity contribution in [3.63, 3.8) is 0 Å². The van der Waals surface area contributed by atoms with E-state index in [9.17, 15) is 9.59 Å². The largest absolute Gasteiger partial charge is 0.447 e. The first-order valence-corrected chi connectivity index (χ1v) is 12.1. The number of fused-ring (bicyclic) bond motifs is 1. The van der Waals surface area contributed by atoms with E-state index < -0.39 is 6.09 Å². The molecular formula is C27H34N4O3. The van der Waals surface area contributed by atoms with Gasteiger partial charge < -0.3 is 19.9 Å². The number of nitrogen functional groups attached to an aromatic ring is 1. The summed E-state index contributed by atoms with van der Waals surface area (Å²) >= 11 is 0. The smallest absolute Gasteiger partial charge is 0.411 e. The van der Waals surface area contributed by atoms with Gasteiger partial charge in [0, 0.05) is 41.3 Å². The molecule has 2 amide bonds. The Morgan fingerprint density at radius 3 is 2.35 bits per heavy atom. The van der Waals surface area contributed by atoms with Gasteiger partial charge in [-0.15, -0.1) is 0 Å². The topological polar surface area (TPSA) is 89.6 Å². The number of amides is 2. The lowest BCUT2D eigenvalue weighted by atomic mass is 9.92. The van der Waals surface area contributed by atoms with E-state index in [1.54, 1.807) is 0 Å². The van der Waals surface area contributed by atoms with Crippen molar-refractivity contribution in [1.29, 1.82) is 0 Å². The quantitative estimate of drug-likeness (QED) is 0.447. The highest BCUT2D eigenvalue weighted by atomic mass is 16.6. The first-order valence-electron chi connectivity index (χ1n) is 12.1. The van der Waals surface area contributed by atoms with E-state index in [0.717, 1.165) is 35.0 Å². The Kier molecular flexibility index (Phi) is 6.82. The summed E-state index contributed by atoms with van der Waals surface area (Å²) < 4.78 is 7.47. The maximum atomic E-state index is 13.0. The number of nitrogens with two attached hydrogens (primary N) is 1. The van der Waals surface area contributed by atoms with Crippen molar-refractivity contribution < 1.29 is 14.3 Å². The van der Waals surface area contributed by atoms with E-state index in [1.807, 2.05) is 75.1 Å². The first kappa shape index (κ1) is 23.7. The third-order valence-electron chi connectivity index (χ3n) is 6.53. The molecule has 0 bridgehead atoms. The predicted octanol–water partition coefficient (Wildman–Crippen LogP) is 6.05. The van der Waals surface area contributed by atoms with Gasteiger partial charge in [0.1, 0.15) is 0 Å². The van der Waals surface area contributed by atoms with Crippen LogP contribution in [0.1, 0.15) is 63.4 Å². The van der Waals surface area contributed by atoms with Gasteiger partial charge in [0.25, 0.3) is 5.91 Å². The standard InChI is InChI=1S/C27H34N4O3/c1-5-30(6-2)26(32)19-12-15-22-23(16-19)31(21-8-7-9-21)25(24(22)28)18-10-13-20(14-11-18)29-27(33)34-17(3)4/h10-17,21H,5-9,28H2,1-4H3,(H,29,33). The van der Waals surface area contributed by atoms with Crippen LogP contribution < -0.4 is 11.1 Å². The van der Waals surface area contributed by atoms with Crippen molar-refractivity contribution in [3.8, 4) is 11.3 Å². The van der Waals surface area contributed by atoms with Crippen LogP contribution in [-0.4, -0.2) is 40.7 Å². The molecule has 7 heteroatoms. The van der Waals surface area contributed by atoms with Gasteiger partial charge in [0.2, 0.25) is 0 Å². The highest BCUT2D eigenvalue weighted by Gasteiger charge is 2.27. The van der Waals surface area contributed by atoms with Crippen LogP contribution in [0.15, 0.2) is 42.5 Å². The van der Waals surface area contributed by atoms with Gasteiger partial charge in [-0.1, -0.05) is 12.1 Å². The number of nitrogens with one attached hydrogen (secondary N) is 1. The molecule has 3 N–H and O–H groups in total. The Morgan fingerprint density at radius 2 is 1.79 bits per heavy atom. The highest BCUT2D eigenvalue weighted by molar-refractivity contribution is 6.05. The molecule has 34 heavy (non-hydrogen) atoms. The molecule has 1 aromatic heterocycles. The number of hydrogen-bond donors (Lipinski definition) is 2. The molecule has 1 saturated carbocycles. The zero-order valence-corrected chi connectivity index (χ0v) is 20.4. The lowest BCUT2D eigenvalue weighted by molar-refractivity contribution is 0.0773. The third kappa shape index (κ3) is 4.47. The second kappa shape index (κ2) is 9.79. The fraction of sp³-hybridized carbons (Fsp3) is 0.407. The maximum absolute atomic E-state index is 13.0. The third-order valence-corrected chi connectivity index (χ3v) is 6.53. The molecule has 7 nitrogen and oxygen atoms in total. The van der Waals surface area contributed by atoms with Gasteiger partial charge in [-0.05, 0) is 77.3 Å². The van der Waals surface area contributed by atoms with E-state index in [1.165, 1.54) is 6.42 Å². The molecule has 0 radical (unpaired) electrons.